The lowest BCUT2D eigenvalue weighted by Gasteiger charge is -2.04. The van der Waals surface area contributed by atoms with Crippen LogP contribution in [0.2, 0.25) is 0 Å². The van der Waals surface area contributed by atoms with Gasteiger partial charge in [0.25, 0.3) is 0 Å². The predicted octanol–water partition coefficient (Wildman–Crippen LogP) is 1.20. The first-order chi connectivity index (χ1) is 7.24. The Hall–Kier alpha value is -1.42. The van der Waals surface area contributed by atoms with E-state index in [0.717, 1.165) is 5.56 Å². The van der Waals surface area contributed by atoms with Crippen molar-refractivity contribution in [1.82, 2.24) is 4.98 Å². The van der Waals surface area contributed by atoms with Gasteiger partial charge in [0.1, 0.15) is 5.78 Å². The molecule has 4 nitrogen and oxygen atoms in total. The van der Waals surface area contributed by atoms with Crippen LogP contribution in [-0.2, 0) is 16.0 Å². The molecule has 1 aromatic rings. The van der Waals surface area contributed by atoms with Gasteiger partial charge in [0.2, 0.25) is 0 Å². The zero-order valence-corrected chi connectivity index (χ0v) is 8.90. The number of Topliss-reactive ketones (excluding diaryl/α,β-unsaturated/α-hetero) is 1. The number of nitrogens with two attached hydrogens (primary N) is 1. The Morgan fingerprint density at radius 2 is 2.40 bits per heavy atom. The summed E-state index contributed by atoms with van der Waals surface area (Å²) in [5, 5.41) is 0. The normalized spacial score (nSPS) is 10.2. The van der Waals surface area contributed by atoms with Crippen LogP contribution in [-0.4, -0.2) is 24.0 Å². The van der Waals surface area contributed by atoms with E-state index in [0.29, 0.717) is 31.7 Å². The maximum absolute atomic E-state index is 11.5. The van der Waals surface area contributed by atoms with E-state index < -0.39 is 0 Å². The minimum atomic E-state index is 0.128. The van der Waals surface area contributed by atoms with Gasteiger partial charge in [-0.2, -0.15) is 0 Å². The van der Waals surface area contributed by atoms with Gasteiger partial charge in [-0.1, -0.05) is 0 Å². The van der Waals surface area contributed by atoms with E-state index in [2.05, 4.69) is 4.98 Å². The first kappa shape index (κ1) is 11.7. The van der Waals surface area contributed by atoms with E-state index in [1.807, 2.05) is 6.92 Å². The van der Waals surface area contributed by atoms with E-state index in [9.17, 15) is 4.79 Å². The highest BCUT2D eigenvalue weighted by molar-refractivity contribution is 5.82. The second kappa shape index (κ2) is 6.14. The van der Waals surface area contributed by atoms with E-state index >= 15 is 0 Å². The Bertz CT molecular complexity index is 326. The topological polar surface area (TPSA) is 65.2 Å². The van der Waals surface area contributed by atoms with Crippen molar-refractivity contribution in [2.45, 2.75) is 19.8 Å². The number of aromatic nitrogens is 1. The fourth-order valence-corrected chi connectivity index (χ4v) is 1.22. The molecule has 0 aromatic carbocycles. The minimum Gasteiger partial charge on any atom is -0.398 e. The molecule has 0 spiro atoms. The van der Waals surface area contributed by atoms with Crippen molar-refractivity contribution in [2.75, 3.05) is 18.9 Å². The molecule has 0 atom stereocenters. The Balaban J connectivity index is 2.41. The lowest BCUT2D eigenvalue weighted by atomic mass is 10.1. The van der Waals surface area contributed by atoms with Crippen molar-refractivity contribution in [3.63, 3.8) is 0 Å². The van der Waals surface area contributed by atoms with Crippen molar-refractivity contribution < 1.29 is 9.53 Å². The van der Waals surface area contributed by atoms with Gasteiger partial charge >= 0.3 is 0 Å². The quantitative estimate of drug-likeness (QED) is 0.713. The van der Waals surface area contributed by atoms with Gasteiger partial charge in [-0.3, -0.25) is 9.78 Å². The first-order valence-electron chi connectivity index (χ1n) is 5.01. The number of nitrogen functional groups attached to an aromatic ring is 1. The third-order valence-electron chi connectivity index (χ3n) is 2.06. The highest BCUT2D eigenvalue weighted by Crippen LogP contribution is 2.10. The predicted molar refractivity (Wildman–Crippen MR) is 58.5 cm³/mol. The molecule has 0 saturated heterocycles. The van der Waals surface area contributed by atoms with Crippen molar-refractivity contribution >= 4 is 11.5 Å². The van der Waals surface area contributed by atoms with E-state index in [1.165, 1.54) is 0 Å². The van der Waals surface area contributed by atoms with Crippen LogP contribution in [0, 0.1) is 0 Å². The lowest BCUT2D eigenvalue weighted by molar-refractivity contribution is -0.119. The van der Waals surface area contributed by atoms with Crippen LogP contribution in [0.25, 0.3) is 0 Å². The van der Waals surface area contributed by atoms with E-state index in [-0.39, 0.29) is 5.78 Å². The molecule has 0 amide bonds. The molecule has 15 heavy (non-hydrogen) atoms. The van der Waals surface area contributed by atoms with Gasteiger partial charge in [-0.25, -0.2) is 0 Å². The van der Waals surface area contributed by atoms with Crippen LogP contribution < -0.4 is 5.73 Å². The monoisotopic (exact) mass is 208 g/mol. The van der Waals surface area contributed by atoms with Crippen molar-refractivity contribution in [3.05, 3.63) is 24.0 Å². The maximum atomic E-state index is 11.5. The highest BCUT2D eigenvalue weighted by Gasteiger charge is 2.06. The summed E-state index contributed by atoms with van der Waals surface area (Å²) in [6.07, 6.45) is 4.02. The maximum Gasteiger partial charge on any atom is 0.139 e. The van der Waals surface area contributed by atoms with Crippen molar-refractivity contribution in [1.29, 1.82) is 0 Å². The zero-order valence-electron chi connectivity index (χ0n) is 8.90. The SMILES string of the molecule is CCOCCC(=O)Cc1cnccc1N. The molecule has 0 saturated carbocycles. The van der Waals surface area contributed by atoms with Gasteiger partial charge in [-0.15, -0.1) is 0 Å². The minimum absolute atomic E-state index is 0.128. The van der Waals surface area contributed by atoms with E-state index in [4.69, 9.17) is 10.5 Å². The molecule has 0 unspecified atom stereocenters. The third kappa shape index (κ3) is 4.08. The van der Waals surface area contributed by atoms with Crippen LogP contribution in [0.4, 0.5) is 5.69 Å². The Kier molecular flexibility index (Phi) is 4.77. The number of pyridine rings is 1. The Morgan fingerprint density at radius 1 is 1.60 bits per heavy atom. The molecular formula is C11H16N2O2. The highest BCUT2D eigenvalue weighted by atomic mass is 16.5. The summed E-state index contributed by atoms with van der Waals surface area (Å²) in [7, 11) is 0. The van der Waals surface area contributed by atoms with Crippen molar-refractivity contribution in [3.8, 4) is 0 Å². The molecule has 4 heteroatoms. The van der Waals surface area contributed by atoms with Gasteiger partial charge in [0.15, 0.2) is 0 Å². The van der Waals surface area contributed by atoms with Crippen LogP contribution in [0.1, 0.15) is 18.9 Å². The molecule has 0 aliphatic heterocycles. The summed E-state index contributed by atoms with van der Waals surface area (Å²) in [6, 6.07) is 1.70. The number of ketones is 1. The summed E-state index contributed by atoms with van der Waals surface area (Å²) in [6.45, 7) is 3.03. The number of rotatable bonds is 6. The summed E-state index contributed by atoms with van der Waals surface area (Å²) < 4.78 is 5.10. The van der Waals surface area contributed by atoms with Crippen LogP contribution >= 0.6 is 0 Å². The molecule has 1 rings (SSSR count). The summed E-state index contributed by atoms with van der Waals surface area (Å²) in [5.41, 5.74) is 7.11. The standard InChI is InChI=1S/C11H16N2O2/c1-2-15-6-4-10(14)7-9-8-13-5-3-11(9)12/h3,5,8H,2,4,6-7H2,1H3,(H2,12,13). The average molecular weight is 208 g/mol. The zero-order chi connectivity index (χ0) is 11.1. The fraction of sp³-hybridized carbons (Fsp3) is 0.455. The molecule has 0 fully saturated rings. The number of hydrogen-bond acceptors (Lipinski definition) is 4. The van der Waals surface area contributed by atoms with Gasteiger partial charge in [0.05, 0.1) is 6.61 Å². The second-order valence-electron chi connectivity index (χ2n) is 3.24. The van der Waals surface area contributed by atoms with Gasteiger partial charge in [0, 0.05) is 43.1 Å². The molecule has 0 bridgehead atoms. The molecule has 1 aromatic heterocycles. The van der Waals surface area contributed by atoms with Crippen LogP contribution in [0.5, 0.6) is 0 Å². The second-order valence-corrected chi connectivity index (χ2v) is 3.24. The van der Waals surface area contributed by atoms with Gasteiger partial charge < -0.3 is 10.5 Å². The van der Waals surface area contributed by atoms with Crippen molar-refractivity contribution in [2.24, 2.45) is 0 Å². The Labute approximate surface area is 89.5 Å². The Morgan fingerprint density at radius 3 is 3.07 bits per heavy atom. The number of carbonyl (C=O) groups excluding carboxylic acids is 1. The molecule has 0 aliphatic rings. The number of ether oxygens (including phenoxy) is 1. The first-order valence-corrected chi connectivity index (χ1v) is 5.01. The molecule has 1 heterocycles. The van der Waals surface area contributed by atoms with Crippen LogP contribution in [0.15, 0.2) is 18.5 Å². The lowest BCUT2D eigenvalue weighted by Crippen LogP contribution is -2.08. The third-order valence-corrected chi connectivity index (χ3v) is 2.06. The molecule has 0 radical (unpaired) electrons. The van der Waals surface area contributed by atoms with E-state index in [1.54, 1.807) is 18.5 Å². The molecular weight excluding hydrogens is 192 g/mol. The number of anilines is 1. The largest absolute Gasteiger partial charge is 0.398 e. The number of hydrogen-bond donors (Lipinski definition) is 1. The number of nitrogens with zero attached hydrogens (tertiary/aromatic N) is 1. The molecule has 0 aliphatic carbocycles. The number of carbonyl (C=O) groups is 1. The van der Waals surface area contributed by atoms with Gasteiger partial charge in [-0.05, 0) is 13.0 Å². The fourth-order valence-electron chi connectivity index (χ4n) is 1.22. The average Bonchev–Trinajstić information content (AvgIpc) is 2.22. The smallest absolute Gasteiger partial charge is 0.139 e. The summed E-state index contributed by atoms with van der Waals surface area (Å²) >= 11 is 0. The summed E-state index contributed by atoms with van der Waals surface area (Å²) in [4.78, 5) is 15.4. The summed E-state index contributed by atoms with van der Waals surface area (Å²) in [5.74, 6) is 0.128. The molecule has 82 valence electrons. The molecule has 2 N–H and O–H groups in total. The van der Waals surface area contributed by atoms with Crippen LogP contribution in [0.3, 0.4) is 0 Å².